The SMILES string of the molecule is Cc1ccc(F)cc1S(=O)(=O)n1ccc(-c2ccnc3ccccc23)n1. The zero-order chi connectivity index (χ0) is 18.3. The lowest BCUT2D eigenvalue weighted by Crippen LogP contribution is -2.15. The Kier molecular flexibility index (Phi) is 3.81. The van der Waals surface area contributed by atoms with Crippen molar-refractivity contribution in [3.05, 3.63) is 78.4 Å². The molecule has 0 saturated carbocycles. The minimum Gasteiger partial charge on any atom is -0.256 e. The molecule has 26 heavy (non-hydrogen) atoms. The van der Waals surface area contributed by atoms with Gasteiger partial charge in [-0.3, -0.25) is 4.98 Å². The van der Waals surface area contributed by atoms with Gasteiger partial charge in [-0.1, -0.05) is 24.3 Å². The van der Waals surface area contributed by atoms with E-state index in [4.69, 9.17) is 0 Å². The molecule has 0 amide bonds. The average molecular weight is 367 g/mol. The normalized spacial score (nSPS) is 11.8. The van der Waals surface area contributed by atoms with Crippen molar-refractivity contribution >= 4 is 20.9 Å². The lowest BCUT2D eigenvalue weighted by Gasteiger charge is -2.08. The van der Waals surface area contributed by atoms with Gasteiger partial charge in [0.15, 0.2) is 0 Å². The molecule has 0 bridgehead atoms. The molecule has 0 aliphatic carbocycles. The number of aryl methyl sites for hydroxylation is 1. The van der Waals surface area contributed by atoms with Gasteiger partial charge in [-0.05, 0) is 42.8 Å². The molecule has 0 aliphatic rings. The molecule has 0 saturated heterocycles. The molecule has 0 aliphatic heterocycles. The molecule has 2 aromatic carbocycles. The van der Waals surface area contributed by atoms with E-state index >= 15 is 0 Å². The standard InChI is InChI=1S/C19H14FN3O2S/c1-13-6-7-14(20)12-19(13)26(24,25)23-11-9-18(22-23)16-8-10-21-17-5-3-2-4-15(16)17/h2-12H,1H3. The van der Waals surface area contributed by atoms with Crippen molar-refractivity contribution < 1.29 is 12.8 Å². The number of nitrogens with zero attached hydrogens (tertiary/aromatic N) is 3. The molecule has 4 aromatic rings. The van der Waals surface area contributed by atoms with Gasteiger partial charge in [0.2, 0.25) is 0 Å². The first-order chi connectivity index (χ1) is 12.5. The third kappa shape index (κ3) is 2.66. The second-order valence-electron chi connectivity index (χ2n) is 5.86. The average Bonchev–Trinajstić information content (AvgIpc) is 3.14. The maximum Gasteiger partial charge on any atom is 0.283 e. The molecule has 0 radical (unpaired) electrons. The summed E-state index contributed by atoms with van der Waals surface area (Å²) in [6, 6.07) is 14.6. The summed E-state index contributed by atoms with van der Waals surface area (Å²) >= 11 is 0. The zero-order valence-electron chi connectivity index (χ0n) is 13.8. The first-order valence-corrected chi connectivity index (χ1v) is 9.32. The van der Waals surface area contributed by atoms with Gasteiger partial charge in [-0.2, -0.15) is 17.6 Å². The molecule has 2 heterocycles. The summed E-state index contributed by atoms with van der Waals surface area (Å²) in [4.78, 5) is 4.19. The van der Waals surface area contributed by atoms with Crippen LogP contribution in [0, 0.1) is 12.7 Å². The number of hydrogen-bond donors (Lipinski definition) is 0. The van der Waals surface area contributed by atoms with Gasteiger partial charge in [0, 0.05) is 23.3 Å². The van der Waals surface area contributed by atoms with E-state index in [2.05, 4.69) is 10.1 Å². The second-order valence-corrected chi connectivity index (χ2v) is 7.63. The van der Waals surface area contributed by atoms with Crippen LogP contribution < -0.4 is 0 Å². The van der Waals surface area contributed by atoms with Crippen LogP contribution in [-0.2, 0) is 10.0 Å². The van der Waals surface area contributed by atoms with Crippen molar-refractivity contribution in [3.8, 4) is 11.3 Å². The Morgan fingerprint density at radius 3 is 2.69 bits per heavy atom. The highest BCUT2D eigenvalue weighted by molar-refractivity contribution is 7.89. The van der Waals surface area contributed by atoms with Crippen molar-refractivity contribution in [2.45, 2.75) is 11.8 Å². The summed E-state index contributed by atoms with van der Waals surface area (Å²) in [5, 5.41) is 5.10. The van der Waals surface area contributed by atoms with Gasteiger partial charge < -0.3 is 0 Å². The number of para-hydroxylation sites is 1. The molecule has 0 atom stereocenters. The third-order valence-corrected chi connectivity index (χ3v) is 5.86. The van der Waals surface area contributed by atoms with Crippen molar-refractivity contribution in [3.63, 3.8) is 0 Å². The van der Waals surface area contributed by atoms with Gasteiger partial charge in [-0.15, -0.1) is 0 Å². The van der Waals surface area contributed by atoms with Crippen LogP contribution >= 0.6 is 0 Å². The number of pyridine rings is 1. The molecule has 5 nitrogen and oxygen atoms in total. The number of rotatable bonds is 3. The van der Waals surface area contributed by atoms with E-state index in [9.17, 15) is 12.8 Å². The summed E-state index contributed by atoms with van der Waals surface area (Å²) in [5.41, 5.74) is 2.53. The quantitative estimate of drug-likeness (QED) is 0.553. The monoisotopic (exact) mass is 367 g/mol. The number of halogens is 1. The second kappa shape index (κ2) is 6.03. The molecular weight excluding hydrogens is 353 g/mol. The highest BCUT2D eigenvalue weighted by Crippen LogP contribution is 2.27. The van der Waals surface area contributed by atoms with Gasteiger partial charge in [0.05, 0.1) is 16.1 Å². The molecule has 0 fully saturated rings. The maximum absolute atomic E-state index is 13.5. The molecule has 0 unspecified atom stereocenters. The van der Waals surface area contributed by atoms with E-state index in [-0.39, 0.29) is 4.90 Å². The van der Waals surface area contributed by atoms with Crippen LogP contribution in [0.2, 0.25) is 0 Å². The number of hydrogen-bond acceptors (Lipinski definition) is 4. The highest BCUT2D eigenvalue weighted by Gasteiger charge is 2.22. The first kappa shape index (κ1) is 16.4. The highest BCUT2D eigenvalue weighted by atomic mass is 32.2. The van der Waals surface area contributed by atoms with Crippen LogP contribution in [0.1, 0.15) is 5.56 Å². The lowest BCUT2D eigenvalue weighted by atomic mass is 10.1. The summed E-state index contributed by atoms with van der Waals surface area (Å²) in [6.07, 6.45) is 3.02. The van der Waals surface area contributed by atoms with E-state index in [1.165, 1.54) is 18.3 Å². The molecule has 0 spiro atoms. The fourth-order valence-electron chi connectivity index (χ4n) is 2.86. The van der Waals surface area contributed by atoms with Crippen LogP contribution in [0.25, 0.3) is 22.2 Å². The smallest absolute Gasteiger partial charge is 0.256 e. The van der Waals surface area contributed by atoms with E-state index in [0.29, 0.717) is 11.3 Å². The van der Waals surface area contributed by atoms with Crippen molar-refractivity contribution in [1.82, 2.24) is 14.2 Å². The summed E-state index contributed by atoms with van der Waals surface area (Å²) in [5.74, 6) is -0.610. The van der Waals surface area contributed by atoms with Crippen LogP contribution in [-0.4, -0.2) is 22.6 Å². The van der Waals surface area contributed by atoms with Crippen molar-refractivity contribution in [2.75, 3.05) is 0 Å². The van der Waals surface area contributed by atoms with Gasteiger partial charge in [0.25, 0.3) is 10.0 Å². The topological polar surface area (TPSA) is 64.8 Å². The Morgan fingerprint density at radius 1 is 1.04 bits per heavy atom. The van der Waals surface area contributed by atoms with Crippen LogP contribution in [0.3, 0.4) is 0 Å². The molecular formula is C19H14FN3O2S. The van der Waals surface area contributed by atoms with E-state index in [1.807, 2.05) is 24.3 Å². The largest absolute Gasteiger partial charge is 0.283 e. The molecule has 130 valence electrons. The van der Waals surface area contributed by atoms with Crippen LogP contribution in [0.4, 0.5) is 4.39 Å². The number of benzene rings is 2. The predicted octanol–water partition coefficient (Wildman–Crippen LogP) is 3.78. The van der Waals surface area contributed by atoms with Crippen LogP contribution in [0.5, 0.6) is 0 Å². The van der Waals surface area contributed by atoms with Crippen molar-refractivity contribution in [1.29, 1.82) is 0 Å². The maximum atomic E-state index is 13.5. The summed E-state index contributed by atoms with van der Waals surface area (Å²) in [7, 11) is -3.98. The number of fused-ring (bicyclic) bond motifs is 1. The Morgan fingerprint density at radius 2 is 1.85 bits per heavy atom. The molecule has 7 heteroatoms. The minimum atomic E-state index is -3.98. The Hall–Kier alpha value is -3.06. The predicted molar refractivity (Wildman–Crippen MR) is 96.7 cm³/mol. The lowest BCUT2D eigenvalue weighted by molar-refractivity contribution is 0.575. The minimum absolute atomic E-state index is 0.105. The van der Waals surface area contributed by atoms with E-state index in [1.54, 1.807) is 25.3 Å². The fourth-order valence-corrected chi connectivity index (χ4v) is 4.21. The number of aromatic nitrogens is 3. The van der Waals surface area contributed by atoms with E-state index in [0.717, 1.165) is 26.6 Å². The zero-order valence-corrected chi connectivity index (χ0v) is 14.6. The Bertz CT molecular complexity index is 1230. The summed E-state index contributed by atoms with van der Waals surface area (Å²) < 4.78 is 40.1. The summed E-state index contributed by atoms with van der Waals surface area (Å²) in [6.45, 7) is 1.62. The van der Waals surface area contributed by atoms with Gasteiger partial charge in [0.1, 0.15) is 5.82 Å². The van der Waals surface area contributed by atoms with Gasteiger partial charge >= 0.3 is 0 Å². The first-order valence-electron chi connectivity index (χ1n) is 7.88. The Balaban J connectivity index is 1.84. The fraction of sp³-hybridized carbons (Fsp3) is 0.0526. The van der Waals surface area contributed by atoms with Crippen molar-refractivity contribution in [2.24, 2.45) is 0 Å². The van der Waals surface area contributed by atoms with Crippen LogP contribution in [0.15, 0.2) is 71.9 Å². The third-order valence-electron chi connectivity index (χ3n) is 4.17. The molecule has 2 aromatic heterocycles. The van der Waals surface area contributed by atoms with Gasteiger partial charge in [-0.25, -0.2) is 4.39 Å². The molecule has 0 N–H and O–H groups in total. The molecule has 4 rings (SSSR count). The Labute approximate surface area is 149 Å². The van der Waals surface area contributed by atoms with E-state index < -0.39 is 15.8 Å².